The SMILES string of the molecule is CCOc1c(/C=C/c2nc3n(c(=O)c2CC)C2CC2(C(=O)O)C=C3)cccc1OC. The van der Waals surface area contributed by atoms with E-state index in [4.69, 9.17) is 9.47 Å². The first-order valence-corrected chi connectivity index (χ1v) is 10.0. The Labute approximate surface area is 174 Å². The molecule has 0 amide bonds. The molecule has 0 saturated heterocycles. The normalized spacial score (nSPS) is 21.2. The lowest BCUT2D eigenvalue weighted by Crippen LogP contribution is -2.32. The summed E-state index contributed by atoms with van der Waals surface area (Å²) in [6, 6.07) is 5.25. The van der Waals surface area contributed by atoms with Crippen LogP contribution < -0.4 is 15.0 Å². The summed E-state index contributed by atoms with van der Waals surface area (Å²) in [6.45, 7) is 4.30. The van der Waals surface area contributed by atoms with Gasteiger partial charge in [0.1, 0.15) is 11.2 Å². The van der Waals surface area contributed by atoms with Crippen molar-refractivity contribution in [2.45, 2.75) is 32.7 Å². The standard InChI is InChI=1S/C23H24N2O5/c1-4-15-16(10-9-14-7-6-8-17(29-3)20(14)30-5-2)24-19-11-12-23(22(27)28)13-18(23)25(19)21(15)26/h6-12,18H,4-5,13H2,1-3H3,(H,27,28)/b10-9+. The quantitative estimate of drug-likeness (QED) is 0.755. The van der Waals surface area contributed by atoms with Crippen LogP contribution in [0.5, 0.6) is 11.5 Å². The number of para-hydroxylation sites is 1. The molecular formula is C23H24N2O5. The molecule has 2 heterocycles. The summed E-state index contributed by atoms with van der Waals surface area (Å²) in [5, 5.41) is 9.54. The summed E-state index contributed by atoms with van der Waals surface area (Å²) in [5.74, 6) is 0.863. The van der Waals surface area contributed by atoms with E-state index >= 15 is 0 Å². The maximum absolute atomic E-state index is 13.2. The van der Waals surface area contributed by atoms with Gasteiger partial charge in [-0.2, -0.15) is 0 Å². The molecule has 1 saturated carbocycles. The van der Waals surface area contributed by atoms with Gasteiger partial charge in [-0.3, -0.25) is 14.2 Å². The van der Waals surface area contributed by atoms with Gasteiger partial charge in [-0.05, 0) is 44.1 Å². The highest BCUT2D eigenvalue weighted by Gasteiger charge is 2.62. The smallest absolute Gasteiger partial charge is 0.315 e. The van der Waals surface area contributed by atoms with Crippen molar-refractivity contribution in [3.8, 4) is 11.5 Å². The number of carbonyl (C=O) groups is 1. The Hall–Kier alpha value is -3.35. The van der Waals surface area contributed by atoms with Gasteiger partial charge in [0.15, 0.2) is 11.5 Å². The fourth-order valence-corrected chi connectivity index (χ4v) is 4.07. The van der Waals surface area contributed by atoms with Crippen LogP contribution in [0.3, 0.4) is 0 Å². The molecule has 2 atom stereocenters. The highest BCUT2D eigenvalue weighted by molar-refractivity contribution is 5.84. The summed E-state index contributed by atoms with van der Waals surface area (Å²) < 4.78 is 12.7. The molecule has 1 aliphatic carbocycles. The summed E-state index contributed by atoms with van der Waals surface area (Å²) in [7, 11) is 1.59. The monoisotopic (exact) mass is 408 g/mol. The maximum atomic E-state index is 13.2. The number of rotatable bonds is 7. The predicted octanol–water partition coefficient (Wildman–Crippen LogP) is 3.43. The van der Waals surface area contributed by atoms with Gasteiger partial charge in [0.25, 0.3) is 5.56 Å². The average molecular weight is 408 g/mol. The van der Waals surface area contributed by atoms with Crippen molar-refractivity contribution >= 4 is 24.2 Å². The number of benzene rings is 1. The third-order valence-electron chi connectivity index (χ3n) is 5.77. The lowest BCUT2D eigenvalue weighted by atomic mass is 10.0. The number of nitrogens with zero attached hydrogens (tertiary/aromatic N) is 2. The van der Waals surface area contributed by atoms with Gasteiger partial charge >= 0.3 is 5.97 Å². The number of hydrogen-bond acceptors (Lipinski definition) is 5. The summed E-state index contributed by atoms with van der Waals surface area (Å²) in [5.41, 5.74) is 0.828. The third kappa shape index (κ3) is 3.01. The highest BCUT2D eigenvalue weighted by atomic mass is 16.5. The summed E-state index contributed by atoms with van der Waals surface area (Å²) in [6.07, 6.45) is 7.89. The van der Waals surface area contributed by atoms with Crippen LogP contribution in [0.15, 0.2) is 29.1 Å². The van der Waals surface area contributed by atoms with E-state index in [1.165, 1.54) is 0 Å². The molecule has 4 rings (SSSR count). The van der Waals surface area contributed by atoms with E-state index in [1.807, 2.05) is 38.1 Å². The van der Waals surface area contributed by atoms with Crippen LogP contribution in [0.1, 0.15) is 49.0 Å². The van der Waals surface area contributed by atoms with Gasteiger partial charge in [-0.1, -0.05) is 25.1 Å². The van der Waals surface area contributed by atoms with Gasteiger partial charge < -0.3 is 14.6 Å². The van der Waals surface area contributed by atoms with Crippen LogP contribution in [0.25, 0.3) is 18.2 Å². The molecule has 2 aromatic rings. The molecule has 156 valence electrons. The second-order valence-corrected chi connectivity index (χ2v) is 7.41. The molecule has 7 nitrogen and oxygen atoms in total. The van der Waals surface area contributed by atoms with Crippen LogP contribution in [-0.4, -0.2) is 34.3 Å². The molecule has 30 heavy (non-hydrogen) atoms. The molecule has 2 aliphatic rings. The molecule has 0 radical (unpaired) electrons. The Kier molecular flexibility index (Phi) is 4.97. The lowest BCUT2D eigenvalue weighted by molar-refractivity contribution is -0.141. The van der Waals surface area contributed by atoms with Crippen LogP contribution in [0.2, 0.25) is 0 Å². The molecule has 1 N–H and O–H groups in total. The van der Waals surface area contributed by atoms with E-state index in [1.54, 1.807) is 29.9 Å². The van der Waals surface area contributed by atoms with E-state index in [0.29, 0.717) is 48.0 Å². The van der Waals surface area contributed by atoms with Crippen LogP contribution >= 0.6 is 0 Å². The summed E-state index contributed by atoms with van der Waals surface area (Å²) in [4.78, 5) is 29.5. The lowest BCUT2D eigenvalue weighted by Gasteiger charge is -2.19. The Bertz CT molecular complexity index is 1130. The molecule has 1 fully saturated rings. The first-order chi connectivity index (χ1) is 14.5. The van der Waals surface area contributed by atoms with E-state index in [9.17, 15) is 14.7 Å². The van der Waals surface area contributed by atoms with Crippen molar-refractivity contribution < 1.29 is 19.4 Å². The second-order valence-electron chi connectivity index (χ2n) is 7.41. The molecule has 2 unspecified atom stereocenters. The number of carboxylic acids is 1. The molecular weight excluding hydrogens is 384 g/mol. The predicted molar refractivity (Wildman–Crippen MR) is 114 cm³/mol. The maximum Gasteiger partial charge on any atom is 0.315 e. The van der Waals surface area contributed by atoms with Gasteiger partial charge in [0.05, 0.1) is 25.5 Å². The van der Waals surface area contributed by atoms with Crippen LogP contribution in [0, 0.1) is 5.41 Å². The number of fused-ring (bicyclic) bond motifs is 3. The number of aromatic nitrogens is 2. The fourth-order valence-electron chi connectivity index (χ4n) is 4.07. The molecule has 0 spiro atoms. The highest BCUT2D eigenvalue weighted by Crippen LogP contribution is 2.59. The molecule has 1 aromatic carbocycles. The van der Waals surface area contributed by atoms with Crippen molar-refractivity contribution in [1.29, 1.82) is 0 Å². The largest absolute Gasteiger partial charge is 0.493 e. The molecule has 0 bridgehead atoms. The summed E-state index contributed by atoms with van der Waals surface area (Å²) >= 11 is 0. The van der Waals surface area contributed by atoms with Crippen molar-refractivity contribution in [3.05, 3.63) is 57.3 Å². The fraction of sp³-hybridized carbons (Fsp3) is 0.348. The number of hydrogen-bond donors (Lipinski definition) is 1. The zero-order valence-corrected chi connectivity index (χ0v) is 17.2. The Morgan fingerprint density at radius 2 is 2.17 bits per heavy atom. The van der Waals surface area contributed by atoms with E-state index in [2.05, 4.69) is 4.98 Å². The van der Waals surface area contributed by atoms with Gasteiger partial charge in [-0.15, -0.1) is 0 Å². The minimum Gasteiger partial charge on any atom is -0.493 e. The average Bonchev–Trinajstić information content (AvgIpc) is 3.49. The Morgan fingerprint density at radius 1 is 1.37 bits per heavy atom. The number of methoxy groups -OCH3 is 1. The first-order valence-electron chi connectivity index (χ1n) is 10.0. The zero-order chi connectivity index (χ0) is 21.5. The molecule has 1 aromatic heterocycles. The molecule has 7 heteroatoms. The van der Waals surface area contributed by atoms with E-state index in [-0.39, 0.29) is 11.6 Å². The number of ether oxygens (including phenoxy) is 2. The van der Waals surface area contributed by atoms with Gasteiger partial charge in [-0.25, -0.2) is 4.98 Å². The van der Waals surface area contributed by atoms with Crippen LogP contribution in [0.4, 0.5) is 0 Å². The molecule has 1 aliphatic heterocycles. The number of aliphatic carboxylic acids is 1. The van der Waals surface area contributed by atoms with E-state index in [0.717, 1.165) is 5.56 Å². The Morgan fingerprint density at radius 3 is 2.83 bits per heavy atom. The van der Waals surface area contributed by atoms with Crippen molar-refractivity contribution in [1.82, 2.24) is 9.55 Å². The Balaban J connectivity index is 1.77. The minimum atomic E-state index is -0.964. The van der Waals surface area contributed by atoms with Crippen molar-refractivity contribution in [3.63, 3.8) is 0 Å². The van der Waals surface area contributed by atoms with Gasteiger partial charge in [0, 0.05) is 11.1 Å². The number of carboxylic acid groups (broad SMARTS) is 1. The van der Waals surface area contributed by atoms with Gasteiger partial charge in [0.2, 0.25) is 0 Å². The second kappa shape index (κ2) is 7.48. The topological polar surface area (TPSA) is 90.7 Å². The van der Waals surface area contributed by atoms with Crippen molar-refractivity contribution in [2.75, 3.05) is 13.7 Å². The minimum absolute atomic E-state index is 0.171. The van der Waals surface area contributed by atoms with Crippen LogP contribution in [-0.2, 0) is 11.2 Å². The zero-order valence-electron chi connectivity index (χ0n) is 17.2. The van der Waals surface area contributed by atoms with E-state index < -0.39 is 11.4 Å². The third-order valence-corrected chi connectivity index (χ3v) is 5.77. The van der Waals surface area contributed by atoms with Crippen molar-refractivity contribution in [2.24, 2.45) is 5.41 Å². The first kappa shape index (κ1) is 19.9.